The molecule has 1 aliphatic rings. The van der Waals surface area contributed by atoms with E-state index >= 15 is 0 Å². The van der Waals surface area contributed by atoms with Crippen LogP contribution in [0.1, 0.15) is 17.5 Å². The van der Waals surface area contributed by atoms with Gasteiger partial charge in [-0.1, -0.05) is 23.2 Å². The van der Waals surface area contributed by atoms with Crippen molar-refractivity contribution < 1.29 is 27.4 Å². The lowest BCUT2D eigenvalue weighted by Crippen LogP contribution is -2.12. The van der Waals surface area contributed by atoms with Gasteiger partial charge in [0.2, 0.25) is 5.88 Å². The monoisotopic (exact) mass is 382 g/mol. The molecule has 0 amide bonds. The van der Waals surface area contributed by atoms with Crippen LogP contribution in [-0.2, 0) is 22.7 Å². The second kappa shape index (κ2) is 6.44. The van der Waals surface area contributed by atoms with Gasteiger partial charge in [-0.05, 0) is 18.2 Å². The van der Waals surface area contributed by atoms with E-state index < -0.39 is 18.2 Å². The molecule has 1 fully saturated rings. The first-order valence-electron chi connectivity index (χ1n) is 6.77. The summed E-state index contributed by atoms with van der Waals surface area (Å²) in [5.74, 6) is -0.0320. The zero-order valence-corrected chi connectivity index (χ0v) is 13.7. The van der Waals surface area contributed by atoms with Gasteiger partial charge in [-0.25, -0.2) is 4.68 Å². The standard InChI is InChI=1S/C14H11Cl2F3N2O3/c1-21-12(24-9-3-2-7(15)6-8(9)16)10(13-22-4-5-23-13)11(20-21)14(17,18)19/h2-3,6,13H,4-5H2,1H3. The fourth-order valence-corrected chi connectivity index (χ4v) is 2.70. The molecule has 0 spiro atoms. The number of aromatic nitrogens is 2. The fourth-order valence-electron chi connectivity index (χ4n) is 2.25. The van der Waals surface area contributed by atoms with Crippen LogP contribution in [0.3, 0.4) is 0 Å². The van der Waals surface area contributed by atoms with Crippen molar-refractivity contribution in [1.82, 2.24) is 9.78 Å². The minimum atomic E-state index is -4.69. The van der Waals surface area contributed by atoms with Gasteiger partial charge in [0, 0.05) is 12.1 Å². The molecule has 24 heavy (non-hydrogen) atoms. The third-order valence-corrected chi connectivity index (χ3v) is 3.79. The van der Waals surface area contributed by atoms with Crippen LogP contribution in [0, 0.1) is 0 Å². The Kier molecular flexibility index (Phi) is 4.65. The number of benzene rings is 1. The predicted octanol–water partition coefficient (Wildman–Crippen LogP) is 4.58. The van der Waals surface area contributed by atoms with Crippen molar-refractivity contribution in [2.24, 2.45) is 7.05 Å². The van der Waals surface area contributed by atoms with Crippen LogP contribution < -0.4 is 4.74 Å². The lowest BCUT2D eigenvalue weighted by Gasteiger charge is -2.14. The predicted molar refractivity (Wildman–Crippen MR) is 79.4 cm³/mol. The molecule has 10 heteroatoms. The van der Waals surface area contributed by atoms with Crippen molar-refractivity contribution in [3.8, 4) is 11.6 Å². The van der Waals surface area contributed by atoms with E-state index in [1.165, 1.54) is 25.2 Å². The summed E-state index contributed by atoms with van der Waals surface area (Å²) in [5, 5.41) is 4.03. The second-order valence-corrected chi connectivity index (χ2v) is 5.78. The van der Waals surface area contributed by atoms with Gasteiger partial charge in [0.05, 0.1) is 18.2 Å². The molecule has 0 aliphatic carbocycles. The molecular formula is C14H11Cl2F3N2O3. The van der Waals surface area contributed by atoms with Crippen LogP contribution in [0.15, 0.2) is 18.2 Å². The van der Waals surface area contributed by atoms with Crippen LogP contribution >= 0.6 is 23.2 Å². The van der Waals surface area contributed by atoms with Crippen molar-refractivity contribution >= 4 is 23.2 Å². The fraction of sp³-hybridized carbons (Fsp3) is 0.357. The van der Waals surface area contributed by atoms with Crippen LogP contribution in [0.5, 0.6) is 11.6 Å². The van der Waals surface area contributed by atoms with Gasteiger partial charge >= 0.3 is 6.18 Å². The summed E-state index contributed by atoms with van der Waals surface area (Å²) in [5.41, 5.74) is -1.45. The number of ether oxygens (including phenoxy) is 3. The molecule has 1 aromatic carbocycles. The number of nitrogens with zero attached hydrogens (tertiary/aromatic N) is 2. The molecule has 2 aromatic rings. The van der Waals surface area contributed by atoms with Crippen molar-refractivity contribution in [3.63, 3.8) is 0 Å². The maximum absolute atomic E-state index is 13.3. The van der Waals surface area contributed by atoms with Gasteiger partial charge in [-0.3, -0.25) is 0 Å². The smallest absolute Gasteiger partial charge is 0.435 e. The van der Waals surface area contributed by atoms with Crippen molar-refractivity contribution in [1.29, 1.82) is 0 Å². The summed E-state index contributed by atoms with van der Waals surface area (Å²) in [6.45, 7) is 0.357. The first kappa shape index (κ1) is 17.3. The van der Waals surface area contributed by atoms with Gasteiger partial charge in [0.1, 0.15) is 11.3 Å². The number of halogens is 5. The van der Waals surface area contributed by atoms with Crippen LogP contribution in [0.4, 0.5) is 13.2 Å². The average Bonchev–Trinajstić information content (AvgIpc) is 3.09. The Balaban J connectivity index is 2.07. The number of alkyl halides is 3. The maximum atomic E-state index is 13.3. The molecule has 1 aromatic heterocycles. The Morgan fingerprint density at radius 3 is 2.50 bits per heavy atom. The van der Waals surface area contributed by atoms with Crippen LogP contribution in [0.2, 0.25) is 10.0 Å². The number of hydrogen-bond donors (Lipinski definition) is 0. The topological polar surface area (TPSA) is 45.5 Å². The number of hydrogen-bond acceptors (Lipinski definition) is 4. The second-order valence-electron chi connectivity index (χ2n) is 4.94. The summed E-state index contributed by atoms with van der Waals surface area (Å²) in [6, 6.07) is 4.37. The highest BCUT2D eigenvalue weighted by molar-refractivity contribution is 6.35. The Labute approximate surface area is 144 Å². The van der Waals surface area contributed by atoms with E-state index in [-0.39, 0.29) is 35.4 Å². The van der Waals surface area contributed by atoms with E-state index in [1.807, 2.05) is 0 Å². The summed E-state index contributed by atoms with van der Waals surface area (Å²) >= 11 is 11.8. The molecule has 0 bridgehead atoms. The van der Waals surface area contributed by atoms with E-state index in [2.05, 4.69) is 5.10 Å². The highest BCUT2D eigenvalue weighted by atomic mass is 35.5. The van der Waals surface area contributed by atoms with Gasteiger partial charge < -0.3 is 14.2 Å². The zero-order chi connectivity index (χ0) is 17.5. The molecule has 0 saturated carbocycles. The van der Waals surface area contributed by atoms with Gasteiger partial charge in [0.25, 0.3) is 0 Å². The third kappa shape index (κ3) is 3.32. The minimum absolute atomic E-state index is 0.136. The molecule has 0 atom stereocenters. The van der Waals surface area contributed by atoms with Crippen LogP contribution in [0.25, 0.3) is 0 Å². The lowest BCUT2D eigenvalue weighted by molar-refractivity contribution is -0.146. The molecule has 3 rings (SSSR count). The first-order valence-corrected chi connectivity index (χ1v) is 7.53. The highest BCUT2D eigenvalue weighted by Gasteiger charge is 2.43. The summed E-state index contributed by atoms with van der Waals surface area (Å²) in [7, 11) is 1.33. The van der Waals surface area contributed by atoms with E-state index in [1.54, 1.807) is 0 Å². The van der Waals surface area contributed by atoms with E-state index in [9.17, 15) is 13.2 Å². The molecule has 2 heterocycles. The van der Waals surface area contributed by atoms with E-state index in [0.717, 1.165) is 4.68 Å². The van der Waals surface area contributed by atoms with Crippen molar-refractivity contribution in [2.45, 2.75) is 12.5 Å². The minimum Gasteiger partial charge on any atom is -0.437 e. The average molecular weight is 383 g/mol. The number of aryl methyl sites for hydroxylation is 1. The molecule has 0 N–H and O–H groups in total. The van der Waals surface area contributed by atoms with Crippen LogP contribution in [-0.4, -0.2) is 23.0 Å². The molecular weight excluding hydrogens is 372 g/mol. The molecule has 130 valence electrons. The Morgan fingerprint density at radius 2 is 1.92 bits per heavy atom. The molecule has 1 aliphatic heterocycles. The first-order chi connectivity index (χ1) is 11.3. The Morgan fingerprint density at radius 1 is 1.25 bits per heavy atom. The van der Waals surface area contributed by atoms with Crippen molar-refractivity contribution in [2.75, 3.05) is 13.2 Å². The van der Waals surface area contributed by atoms with Crippen molar-refractivity contribution in [3.05, 3.63) is 39.5 Å². The summed E-state index contributed by atoms with van der Waals surface area (Å²) in [4.78, 5) is 0. The maximum Gasteiger partial charge on any atom is 0.435 e. The normalized spacial score (nSPS) is 15.9. The quantitative estimate of drug-likeness (QED) is 0.778. The highest BCUT2D eigenvalue weighted by Crippen LogP contribution is 2.43. The lowest BCUT2D eigenvalue weighted by atomic mass is 10.2. The van der Waals surface area contributed by atoms with Gasteiger partial charge in [0.15, 0.2) is 12.0 Å². The summed E-state index contributed by atoms with van der Waals surface area (Å²) in [6.07, 6.45) is -5.90. The Bertz CT molecular complexity index is 758. The SMILES string of the molecule is Cn1nc(C(F)(F)F)c(C2OCCO2)c1Oc1ccc(Cl)cc1Cl. The summed E-state index contributed by atoms with van der Waals surface area (Å²) < 4.78 is 56.8. The Hall–Kier alpha value is -1.48. The molecule has 5 nitrogen and oxygen atoms in total. The zero-order valence-electron chi connectivity index (χ0n) is 12.2. The van der Waals surface area contributed by atoms with Gasteiger partial charge in [-0.15, -0.1) is 0 Å². The van der Waals surface area contributed by atoms with E-state index in [0.29, 0.717) is 5.02 Å². The largest absolute Gasteiger partial charge is 0.437 e. The van der Waals surface area contributed by atoms with Gasteiger partial charge in [-0.2, -0.15) is 18.3 Å². The molecule has 0 radical (unpaired) electrons. The third-order valence-electron chi connectivity index (χ3n) is 3.26. The number of rotatable bonds is 3. The molecule has 1 saturated heterocycles. The van der Waals surface area contributed by atoms with E-state index in [4.69, 9.17) is 37.4 Å². The molecule has 0 unspecified atom stereocenters.